The summed E-state index contributed by atoms with van der Waals surface area (Å²) in [5.74, 6) is -1.16. The molecule has 0 aromatic carbocycles. The second-order valence-electron chi connectivity index (χ2n) is 5.62. The van der Waals surface area contributed by atoms with E-state index in [-0.39, 0.29) is 19.0 Å². The van der Waals surface area contributed by atoms with Crippen LogP contribution in [-0.2, 0) is 15.0 Å². The standard InChI is InChI=1S/C12H22N2O5S/c1-9(15)10-5-7-13(8-10)20(18,19)14-6-3-2-4-11(14)12(16)17/h9-11,15H,2-8H2,1H3,(H,16,17). The molecule has 0 radical (unpaired) electrons. The highest BCUT2D eigenvalue weighted by Crippen LogP contribution is 2.28. The van der Waals surface area contributed by atoms with Gasteiger partial charge in [0.15, 0.2) is 0 Å². The second kappa shape index (κ2) is 5.97. The van der Waals surface area contributed by atoms with Crippen LogP contribution >= 0.6 is 0 Å². The molecule has 2 rings (SSSR count). The zero-order valence-corrected chi connectivity index (χ0v) is 12.4. The average molecular weight is 306 g/mol. The van der Waals surface area contributed by atoms with Crippen LogP contribution in [0.3, 0.4) is 0 Å². The number of carboxylic acid groups (broad SMARTS) is 1. The van der Waals surface area contributed by atoms with Crippen LogP contribution in [0.5, 0.6) is 0 Å². The lowest BCUT2D eigenvalue weighted by Gasteiger charge is -2.34. The molecule has 3 atom stereocenters. The maximum atomic E-state index is 12.6. The first-order valence-corrected chi connectivity index (χ1v) is 8.41. The van der Waals surface area contributed by atoms with Gasteiger partial charge in [0.05, 0.1) is 6.10 Å². The van der Waals surface area contributed by atoms with Gasteiger partial charge in [-0.3, -0.25) is 4.79 Å². The number of aliphatic hydroxyl groups is 1. The Morgan fingerprint density at radius 2 is 1.95 bits per heavy atom. The summed E-state index contributed by atoms with van der Waals surface area (Å²) in [4.78, 5) is 11.2. The molecule has 0 spiro atoms. The van der Waals surface area contributed by atoms with Gasteiger partial charge in [0.25, 0.3) is 10.2 Å². The molecule has 2 heterocycles. The van der Waals surface area contributed by atoms with Crippen LogP contribution in [0.2, 0.25) is 0 Å². The Morgan fingerprint density at radius 1 is 1.25 bits per heavy atom. The van der Waals surface area contributed by atoms with Crippen molar-refractivity contribution < 1.29 is 23.4 Å². The van der Waals surface area contributed by atoms with E-state index in [9.17, 15) is 23.4 Å². The molecule has 0 saturated carbocycles. The van der Waals surface area contributed by atoms with Gasteiger partial charge in [0, 0.05) is 19.6 Å². The molecular formula is C12H22N2O5S. The normalized spacial score (nSPS) is 31.3. The molecule has 2 aliphatic rings. The third-order valence-electron chi connectivity index (χ3n) is 4.23. The summed E-state index contributed by atoms with van der Waals surface area (Å²) in [5, 5.41) is 18.7. The maximum absolute atomic E-state index is 12.6. The van der Waals surface area contributed by atoms with E-state index in [1.165, 1.54) is 4.31 Å². The lowest BCUT2D eigenvalue weighted by atomic mass is 10.0. The van der Waals surface area contributed by atoms with Crippen LogP contribution in [0.1, 0.15) is 32.6 Å². The third-order valence-corrected chi connectivity index (χ3v) is 6.25. The minimum absolute atomic E-state index is 0.0714. The number of nitrogens with zero attached hydrogens (tertiary/aromatic N) is 2. The number of rotatable bonds is 4. The van der Waals surface area contributed by atoms with Gasteiger partial charge in [-0.15, -0.1) is 0 Å². The summed E-state index contributed by atoms with van der Waals surface area (Å²) in [5.41, 5.74) is 0. The van der Waals surface area contributed by atoms with Gasteiger partial charge in [-0.2, -0.15) is 17.0 Å². The Labute approximate surface area is 119 Å². The molecule has 0 amide bonds. The summed E-state index contributed by atoms with van der Waals surface area (Å²) in [6.07, 6.45) is 1.85. The first-order chi connectivity index (χ1) is 9.34. The SMILES string of the molecule is CC(O)C1CCN(S(=O)(=O)N2CCCCC2C(=O)O)C1. The Bertz CT molecular complexity index is 464. The fourth-order valence-corrected chi connectivity index (χ4v) is 4.82. The number of carbonyl (C=O) groups is 1. The minimum atomic E-state index is -3.75. The molecule has 2 N–H and O–H groups in total. The van der Waals surface area contributed by atoms with Crippen molar-refractivity contribution >= 4 is 16.2 Å². The topological polar surface area (TPSA) is 98.2 Å². The van der Waals surface area contributed by atoms with Crippen molar-refractivity contribution in [2.45, 2.75) is 44.8 Å². The molecule has 2 aliphatic heterocycles. The molecular weight excluding hydrogens is 284 g/mol. The fourth-order valence-electron chi connectivity index (χ4n) is 2.93. The number of aliphatic hydroxyl groups excluding tert-OH is 1. The van der Waals surface area contributed by atoms with Crippen molar-refractivity contribution in [1.82, 2.24) is 8.61 Å². The largest absolute Gasteiger partial charge is 0.480 e. The monoisotopic (exact) mass is 306 g/mol. The Hall–Kier alpha value is -0.700. The molecule has 2 fully saturated rings. The molecule has 0 aromatic rings. The van der Waals surface area contributed by atoms with Gasteiger partial charge in [-0.05, 0) is 38.5 Å². The van der Waals surface area contributed by atoms with Gasteiger partial charge < -0.3 is 10.2 Å². The van der Waals surface area contributed by atoms with E-state index in [1.807, 2.05) is 0 Å². The smallest absolute Gasteiger partial charge is 0.322 e. The Balaban J connectivity index is 2.15. The summed E-state index contributed by atoms with van der Waals surface area (Å²) in [6, 6.07) is -0.959. The van der Waals surface area contributed by atoms with Gasteiger partial charge >= 0.3 is 5.97 Å². The van der Waals surface area contributed by atoms with E-state index in [4.69, 9.17) is 0 Å². The number of hydrogen-bond acceptors (Lipinski definition) is 4. The predicted molar refractivity (Wildman–Crippen MR) is 72.3 cm³/mol. The first kappa shape index (κ1) is 15.7. The van der Waals surface area contributed by atoms with Crippen molar-refractivity contribution in [2.24, 2.45) is 5.92 Å². The Morgan fingerprint density at radius 3 is 2.50 bits per heavy atom. The zero-order valence-electron chi connectivity index (χ0n) is 11.6. The van der Waals surface area contributed by atoms with Crippen molar-refractivity contribution in [1.29, 1.82) is 0 Å². The number of piperidine rings is 1. The van der Waals surface area contributed by atoms with E-state index in [0.717, 1.165) is 10.7 Å². The summed E-state index contributed by atoms with van der Waals surface area (Å²) in [7, 11) is -3.75. The molecule has 8 heteroatoms. The molecule has 0 aromatic heterocycles. The van der Waals surface area contributed by atoms with Crippen LogP contribution in [-0.4, -0.2) is 65.0 Å². The predicted octanol–water partition coefficient (Wildman–Crippen LogP) is -0.127. The Kier molecular flexibility index (Phi) is 4.68. The van der Waals surface area contributed by atoms with E-state index in [1.54, 1.807) is 6.92 Å². The highest BCUT2D eigenvalue weighted by Gasteiger charge is 2.42. The lowest BCUT2D eigenvalue weighted by Crippen LogP contribution is -2.53. The van der Waals surface area contributed by atoms with Crippen LogP contribution < -0.4 is 0 Å². The van der Waals surface area contributed by atoms with Crippen molar-refractivity contribution in [3.8, 4) is 0 Å². The van der Waals surface area contributed by atoms with Crippen LogP contribution in [0.15, 0.2) is 0 Å². The van der Waals surface area contributed by atoms with E-state index < -0.39 is 28.3 Å². The van der Waals surface area contributed by atoms with Crippen molar-refractivity contribution in [3.63, 3.8) is 0 Å². The van der Waals surface area contributed by atoms with E-state index in [2.05, 4.69) is 0 Å². The number of carboxylic acids is 1. The summed E-state index contributed by atoms with van der Waals surface area (Å²) < 4.78 is 27.6. The highest BCUT2D eigenvalue weighted by atomic mass is 32.2. The van der Waals surface area contributed by atoms with Crippen LogP contribution in [0.4, 0.5) is 0 Å². The lowest BCUT2D eigenvalue weighted by molar-refractivity contribution is -0.142. The third kappa shape index (κ3) is 2.98. The molecule has 20 heavy (non-hydrogen) atoms. The van der Waals surface area contributed by atoms with Crippen molar-refractivity contribution in [2.75, 3.05) is 19.6 Å². The highest BCUT2D eigenvalue weighted by molar-refractivity contribution is 7.86. The maximum Gasteiger partial charge on any atom is 0.322 e. The van der Waals surface area contributed by atoms with Gasteiger partial charge in [-0.25, -0.2) is 0 Å². The van der Waals surface area contributed by atoms with E-state index in [0.29, 0.717) is 25.8 Å². The summed E-state index contributed by atoms with van der Waals surface area (Å²) in [6.45, 7) is 2.53. The molecule has 7 nitrogen and oxygen atoms in total. The molecule has 116 valence electrons. The van der Waals surface area contributed by atoms with Crippen molar-refractivity contribution in [3.05, 3.63) is 0 Å². The molecule has 2 saturated heterocycles. The first-order valence-electron chi connectivity index (χ1n) is 7.02. The molecule has 3 unspecified atom stereocenters. The van der Waals surface area contributed by atoms with E-state index >= 15 is 0 Å². The van der Waals surface area contributed by atoms with Gasteiger partial charge in [-0.1, -0.05) is 0 Å². The summed E-state index contributed by atoms with van der Waals surface area (Å²) >= 11 is 0. The van der Waals surface area contributed by atoms with Crippen LogP contribution in [0, 0.1) is 5.92 Å². The molecule has 0 bridgehead atoms. The average Bonchev–Trinajstić information content (AvgIpc) is 2.89. The number of hydrogen-bond donors (Lipinski definition) is 2. The second-order valence-corrected chi connectivity index (χ2v) is 7.50. The fraction of sp³-hybridized carbons (Fsp3) is 0.917. The minimum Gasteiger partial charge on any atom is -0.480 e. The van der Waals surface area contributed by atoms with Gasteiger partial charge in [0.1, 0.15) is 6.04 Å². The quantitative estimate of drug-likeness (QED) is 0.754. The van der Waals surface area contributed by atoms with Crippen LogP contribution in [0.25, 0.3) is 0 Å². The number of aliphatic carboxylic acids is 1. The zero-order chi connectivity index (χ0) is 14.9. The van der Waals surface area contributed by atoms with Gasteiger partial charge in [0.2, 0.25) is 0 Å². The molecule has 0 aliphatic carbocycles.